The molecule has 0 unspecified atom stereocenters. The zero-order valence-corrected chi connectivity index (χ0v) is 14.1. The summed E-state index contributed by atoms with van der Waals surface area (Å²) in [7, 11) is 0. The normalized spacial score (nSPS) is 10.2. The number of hydrogen-bond donors (Lipinski definition) is 2. The van der Waals surface area contributed by atoms with E-state index in [9.17, 15) is 14.0 Å². The zero-order chi connectivity index (χ0) is 15.6. The quantitative estimate of drug-likeness (QED) is 0.672. The standard InChI is InChI=1S/C14H8BrFINO3/c15-7-1-3-11(17)9(5-7)13(19)18-12-4-2-8(16)6-10(12)14(20)21/h1-6H,(H,18,19)(H,20,21). The summed E-state index contributed by atoms with van der Waals surface area (Å²) < 4.78 is 14.5. The van der Waals surface area contributed by atoms with Crippen molar-refractivity contribution in [3.63, 3.8) is 0 Å². The van der Waals surface area contributed by atoms with E-state index < -0.39 is 17.7 Å². The van der Waals surface area contributed by atoms with E-state index in [1.54, 1.807) is 18.2 Å². The van der Waals surface area contributed by atoms with Gasteiger partial charge in [-0.15, -0.1) is 0 Å². The average molecular weight is 464 g/mol. The van der Waals surface area contributed by atoms with E-state index in [2.05, 4.69) is 21.2 Å². The predicted octanol–water partition coefficient (Wildman–Crippen LogP) is 4.14. The largest absolute Gasteiger partial charge is 0.478 e. The van der Waals surface area contributed by atoms with Crippen molar-refractivity contribution in [2.24, 2.45) is 0 Å². The fourth-order valence-electron chi connectivity index (χ4n) is 1.66. The highest BCUT2D eigenvalue weighted by Gasteiger charge is 2.16. The van der Waals surface area contributed by atoms with Crippen LogP contribution in [-0.4, -0.2) is 17.0 Å². The van der Waals surface area contributed by atoms with Crippen molar-refractivity contribution in [1.29, 1.82) is 0 Å². The lowest BCUT2D eigenvalue weighted by Gasteiger charge is -2.10. The molecule has 21 heavy (non-hydrogen) atoms. The minimum atomic E-state index is -1.31. The third kappa shape index (κ3) is 3.79. The lowest BCUT2D eigenvalue weighted by atomic mass is 10.1. The number of halogens is 3. The number of hydrogen-bond acceptors (Lipinski definition) is 2. The molecule has 0 spiro atoms. The van der Waals surface area contributed by atoms with Gasteiger partial charge in [0.15, 0.2) is 0 Å². The van der Waals surface area contributed by atoms with Gasteiger partial charge >= 0.3 is 5.97 Å². The maximum atomic E-state index is 13.1. The van der Waals surface area contributed by atoms with Gasteiger partial charge in [0.2, 0.25) is 0 Å². The van der Waals surface area contributed by atoms with E-state index in [4.69, 9.17) is 5.11 Å². The summed E-state index contributed by atoms with van der Waals surface area (Å²) >= 11 is 5.27. The van der Waals surface area contributed by atoms with Gasteiger partial charge in [0, 0.05) is 8.04 Å². The first kappa shape index (κ1) is 15.9. The Morgan fingerprint density at radius 3 is 2.52 bits per heavy atom. The van der Waals surface area contributed by atoms with Gasteiger partial charge in [-0.05, 0) is 59.0 Å². The molecule has 0 aliphatic carbocycles. The van der Waals surface area contributed by atoms with Crippen LogP contribution in [0.5, 0.6) is 0 Å². The van der Waals surface area contributed by atoms with E-state index in [0.29, 0.717) is 9.13 Å². The third-order valence-corrected chi connectivity index (χ3v) is 4.07. The Balaban J connectivity index is 2.36. The van der Waals surface area contributed by atoms with Crippen LogP contribution in [0.4, 0.5) is 10.1 Å². The highest BCUT2D eigenvalue weighted by molar-refractivity contribution is 14.1. The molecule has 7 heteroatoms. The highest BCUT2D eigenvalue weighted by Crippen LogP contribution is 2.22. The van der Waals surface area contributed by atoms with Crippen molar-refractivity contribution in [1.82, 2.24) is 0 Å². The molecule has 0 atom stereocenters. The Labute approximate surface area is 141 Å². The molecule has 108 valence electrons. The van der Waals surface area contributed by atoms with Crippen LogP contribution in [-0.2, 0) is 0 Å². The molecule has 0 saturated carbocycles. The van der Waals surface area contributed by atoms with Gasteiger partial charge < -0.3 is 10.4 Å². The van der Waals surface area contributed by atoms with E-state index in [1.165, 1.54) is 6.07 Å². The molecule has 0 aromatic heterocycles. The first-order chi connectivity index (χ1) is 9.88. The first-order valence-electron chi connectivity index (χ1n) is 5.67. The summed E-state index contributed by atoms with van der Waals surface area (Å²) in [6, 6.07) is 8.35. The molecule has 0 radical (unpaired) electrons. The van der Waals surface area contributed by atoms with Gasteiger partial charge in [-0.2, -0.15) is 0 Å². The Morgan fingerprint density at radius 1 is 1.14 bits per heavy atom. The van der Waals surface area contributed by atoms with Crippen molar-refractivity contribution < 1.29 is 19.1 Å². The molecule has 2 N–H and O–H groups in total. The number of carboxylic acid groups (broad SMARTS) is 1. The fraction of sp³-hybridized carbons (Fsp3) is 0. The van der Waals surface area contributed by atoms with Crippen LogP contribution in [0.1, 0.15) is 20.7 Å². The van der Waals surface area contributed by atoms with Gasteiger partial charge in [-0.1, -0.05) is 15.9 Å². The molecule has 4 nitrogen and oxygen atoms in total. The summed E-state index contributed by atoms with van der Waals surface area (Å²) in [6.45, 7) is 0. The van der Waals surface area contributed by atoms with Crippen molar-refractivity contribution in [3.8, 4) is 0 Å². The lowest BCUT2D eigenvalue weighted by Crippen LogP contribution is -2.16. The molecule has 0 heterocycles. The molecule has 0 aliphatic heterocycles. The van der Waals surface area contributed by atoms with Gasteiger partial charge in [0.25, 0.3) is 5.91 Å². The summed E-state index contributed by atoms with van der Waals surface area (Å²) in [6.07, 6.45) is 0. The number of rotatable bonds is 3. The number of carbonyl (C=O) groups is 2. The van der Waals surface area contributed by atoms with Crippen LogP contribution in [0.2, 0.25) is 0 Å². The first-order valence-corrected chi connectivity index (χ1v) is 7.55. The molecule has 2 aromatic rings. The van der Waals surface area contributed by atoms with Gasteiger partial charge in [0.05, 0.1) is 16.8 Å². The van der Waals surface area contributed by atoms with Crippen molar-refractivity contribution >= 4 is 56.1 Å². The lowest BCUT2D eigenvalue weighted by molar-refractivity contribution is 0.0697. The number of benzene rings is 2. The van der Waals surface area contributed by atoms with Crippen LogP contribution < -0.4 is 5.32 Å². The molecule has 0 bridgehead atoms. The molecular formula is C14H8BrFINO3. The van der Waals surface area contributed by atoms with E-state index >= 15 is 0 Å². The maximum absolute atomic E-state index is 13.1. The van der Waals surface area contributed by atoms with Crippen LogP contribution >= 0.6 is 38.5 Å². The minimum Gasteiger partial charge on any atom is -0.478 e. The number of nitrogens with one attached hydrogen (secondary N) is 1. The Morgan fingerprint density at radius 2 is 1.86 bits per heavy atom. The number of carbonyl (C=O) groups excluding carboxylic acids is 1. The molecule has 2 rings (SSSR count). The van der Waals surface area contributed by atoms with E-state index in [-0.39, 0.29) is 11.3 Å². The Bertz CT molecular complexity index is 736. The minimum absolute atomic E-state index is 0.0460. The second-order valence-corrected chi connectivity index (χ2v) is 6.15. The van der Waals surface area contributed by atoms with Crippen molar-refractivity contribution in [2.45, 2.75) is 0 Å². The summed E-state index contributed by atoms with van der Waals surface area (Å²) in [5.41, 5.74) is 0.142. The molecule has 0 fully saturated rings. The Hall–Kier alpha value is -1.48. The van der Waals surface area contributed by atoms with Crippen LogP contribution in [0, 0.1) is 9.39 Å². The molecule has 1 amide bonds. The number of amides is 1. The second kappa shape index (κ2) is 6.52. The summed E-state index contributed by atoms with van der Waals surface area (Å²) in [5, 5.41) is 11.5. The Kier molecular flexibility index (Phi) is 4.94. The average Bonchev–Trinajstić information content (AvgIpc) is 2.43. The molecule has 2 aromatic carbocycles. The number of aromatic carboxylic acids is 1. The monoisotopic (exact) mass is 463 g/mol. The summed E-state index contributed by atoms with van der Waals surface area (Å²) in [4.78, 5) is 23.3. The predicted molar refractivity (Wildman–Crippen MR) is 88.2 cm³/mol. The smallest absolute Gasteiger partial charge is 0.337 e. The maximum Gasteiger partial charge on any atom is 0.337 e. The van der Waals surface area contributed by atoms with Gasteiger partial charge in [-0.25, -0.2) is 9.18 Å². The van der Waals surface area contributed by atoms with Crippen LogP contribution in [0.3, 0.4) is 0 Å². The van der Waals surface area contributed by atoms with Crippen LogP contribution in [0.25, 0.3) is 0 Å². The molecule has 0 aliphatic rings. The number of anilines is 1. The summed E-state index contributed by atoms with van der Waals surface area (Å²) in [5.74, 6) is -2.45. The zero-order valence-electron chi connectivity index (χ0n) is 10.4. The highest BCUT2D eigenvalue weighted by atomic mass is 127. The molecular weight excluding hydrogens is 456 g/mol. The SMILES string of the molecule is O=C(Nc1ccc(F)cc1C(=O)O)c1cc(Br)ccc1I. The van der Waals surface area contributed by atoms with Gasteiger partial charge in [-0.3, -0.25) is 4.79 Å². The fourth-order valence-corrected chi connectivity index (χ4v) is 2.61. The van der Waals surface area contributed by atoms with Gasteiger partial charge in [0.1, 0.15) is 5.82 Å². The van der Waals surface area contributed by atoms with Crippen molar-refractivity contribution in [2.75, 3.05) is 5.32 Å². The topological polar surface area (TPSA) is 66.4 Å². The molecule has 0 saturated heterocycles. The number of carboxylic acids is 1. The van der Waals surface area contributed by atoms with E-state index in [0.717, 1.165) is 16.6 Å². The van der Waals surface area contributed by atoms with Crippen LogP contribution in [0.15, 0.2) is 40.9 Å². The second-order valence-electron chi connectivity index (χ2n) is 4.07. The third-order valence-electron chi connectivity index (χ3n) is 2.63. The van der Waals surface area contributed by atoms with Crippen molar-refractivity contribution in [3.05, 3.63) is 61.4 Å². The van der Waals surface area contributed by atoms with E-state index in [1.807, 2.05) is 22.6 Å².